The van der Waals surface area contributed by atoms with Crippen LogP contribution in [0, 0.1) is 5.82 Å². The molecule has 1 heterocycles. The third-order valence-corrected chi connectivity index (χ3v) is 4.48. The van der Waals surface area contributed by atoms with Gasteiger partial charge < -0.3 is 9.84 Å². The van der Waals surface area contributed by atoms with Crippen LogP contribution in [0.25, 0.3) is 11.1 Å². The molecule has 1 atom stereocenters. The van der Waals surface area contributed by atoms with Crippen molar-refractivity contribution in [1.82, 2.24) is 0 Å². The van der Waals surface area contributed by atoms with Gasteiger partial charge in [0.05, 0.1) is 18.8 Å². The molecule has 1 N–H and O–H groups in total. The van der Waals surface area contributed by atoms with Gasteiger partial charge in [0.15, 0.2) is 0 Å². The standard InChI is InChI=1S/C17H13F4NO3S/c18-15-7-11(22-8-12(9-23)25-16(22)24)3-6-14(15)10-1-4-13(5-2-10)26-17(19,20)21/h1-7,12,23H,8-9H2/t12-/m1/s1. The Balaban J connectivity index is 1.81. The quantitative estimate of drug-likeness (QED) is 0.623. The molecule has 9 heteroatoms. The molecule has 1 saturated heterocycles. The van der Waals surface area contributed by atoms with Gasteiger partial charge in [-0.3, -0.25) is 4.90 Å². The minimum atomic E-state index is -4.38. The van der Waals surface area contributed by atoms with E-state index in [2.05, 4.69) is 0 Å². The summed E-state index contributed by atoms with van der Waals surface area (Å²) in [5.74, 6) is -0.626. The zero-order valence-electron chi connectivity index (χ0n) is 13.2. The van der Waals surface area contributed by atoms with E-state index in [0.29, 0.717) is 5.56 Å². The van der Waals surface area contributed by atoms with Crippen molar-refractivity contribution in [3.63, 3.8) is 0 Å². The number of halogens is 4. The maximum Gasteiger partial charge on any atom is 0.446 e. The van der Waals surface area contributed by atoms with E-state index in [0.717, 1.165) is 6.07 Å². The van der Waals surface area contributed by atoms with Crippen LogP contribution in [-0.4, -0.2) is 36.0 Å². The molecule has 138 valence electrons. The fourth-order valence-electron chi connectivity index (χ4n) is 2.57. The van der Waals surface area contributed by atoms with Gasteiger partial charge in [-0.15, -0.1) is 0 Å². The number of ether oxygens (including phenoxy) is 1. The molecule has 0 aliphatic carbocycles. The Labute approximate surface area is 150 Å². The molecule has 1 aliphatic heterocycles. The zero-order valence-corrected chi connectivity index (χ0v) is 14.0. The molecular formula is C17H13F4NO3S. The number of hydrogen-bond donors (Lipinski definition) is 1. The summed E-state index contributed by atoms with van der Waals surface area (Å²) in [7, 11) is 0. The monoisotopic (exact) mass is 387 g/mol. The predicted octanol–water partition coefficient (Wildman–Crippen LogP) is 4.42. The summed E-state index contributed by atoms with van der Waals surface area (Å²) in [6.45, 7) is -0.220. The minimum absolute atomic E-state index is 0.00753. The van der Waals surface area contributed by atoms with Gasteiger partial charge in [0.1, 0.15) is 11.9 Å². The molecule has 1 fully saturated rings. The van der Waals surface area contributed by atoms with Gasteiger partial charge in [-0.25, -0.2) is 9.18 Å². The van der Waals surface area contributed by atoms with Crippen molar-refractivity contribution in [1.29, 1.82) is 0 Å². The van der Waals surface area contributed by atoms with Crippen LogP contribution in [0.1, 0.15) is 0 Å². The Morgan fingerprint density at radius 3 is 2.42 bits per heavy atom. The third-order valence-electron chi connectivity index (χ3n) is 3.74. The van der Waals surface area contributed by atoms with E-state index in [1.807, 2.05) is 0 Å². The van der Waals surface area contributed by atoms with Crippen molar-refractivity contribution in [3.05, 3.63) is 48.3 Å². The first-order chi connectivity index (χ1) is 12.3. The number of rotatable bonds is 4. The summed E-state index contributed by atoms with van der Waals surface area (Å²) < 4.78 is 56.4. The average molecular weight is 387 g/mol. The SMILES string of the molecule is O=C1O[C@@H](CO)CN1c1ccc(-c2ccc(SC(F)(F)F)cc2)c(F)c1. The molecule has 4 nitrogen and oxygen atoms in total. The molecule has 0 spiro atoms. The average Bonchev–Trinajstić information content (AvgIpc) is 2.95. The first-order valence-corrected chi connectivity index (χ1v) is 8.33. The fraction of sp³-hybridized carbons (Fsp3) is 0.235. The van der Waals surface area contributed by atoms with Crippen molar-refractivity contribution in [3.8, 4) is 11.1 Å². The second kappa shape index (κ2) is 7.16. The number of benzene rings is 2. The lowest BCUT2D eigenvalue weighted by Crippen LogP contribution is -2.25. The lowest BCUT2D eigenvalue weighted by molar-refractivity contribution is -0.0328. The highest BCUT2D eigenvalue weighted by atomic mass is 32.2. The molecule has 0 aromatic heterocycles. The van der Waals surface area contributed by atoms with E-state index in [-0.39, 0.29) is 41.1 Å². The second-order valence-electron chi connectivity index (χ2n) is 5.54. The second-order valence-corrected chi connectivity index (χ2v) is 6.67. The Bertz CT molecular complexity index is 811. The third kappa shape index (κ3) is 4.10. The van der Waals surface area contributed by atoms with E-state index in [4.69, 9.17) is 9.84 Å². The summed E-state index contributed by atoms with van der Waals surface area (Å²) in [4.78, 5) is 13.0. The predicted molar refractivity (Wildman–Crippen MR) is 88.4 cm³/mol. The Kier molecular flexibility index (Phi) is 5.10. The Hall–Kier alpha value is -2.26. The first kappa shape index (κ1) is 18.5. The molecule has 1 aliphatic rings. The van der Waals surface area contributed by atoms with Gasteiger partial charge in [0, 0.05) is 10.5 Å². The largest absolute Gasteiger partial charge is 0.446 e. The maximum atomic E-state index is 14.5. The minimum Gasteiger partial charge on any atom is -0.441 e. The van der Waals surface area contributed by atoms with Gasteiger partial charge in [0.2, 0.25) is 0 Å². The topological polar surface area (TPSA) is 49.8 Å². The van der Waals surface area contributed by atoms with E-state index < -0.39 is 23.5 Å². The van der Waals surface area contributed by atoms with Gasteiger partial charge >= 0.3 is 11.6 Å². The Morgan fingerprint density at radius 1 is 1.19 bits per heavy atom. The molecule has 1 amide bonds. The molecule has 0 unspecified atom stereocenters. The van der Waals surface area contributed by atoms with Gasteiger partial charge in [0.25, 0.3) is 0 Å². The maximum absolute atomic E-state index is 14.5. The number of carbonyl (C=O) groups excluding carboxylic acids is 1. The van der Waals surface area contributed by atoms with E-state index >= 15 is 0 Å². The molecule has 0 bridgehead atoms. The molecule has 0 saturated carbocycles. The number of alkyl halides is 3. The Morgan fingerprint density at radius 2 is 1.88 bits per heavy atom. The van der Waals surface area contributed by atoms with Crippen LogP contribution in [-0.2, 0) is 4.74 Å². The van der Waals surface area contributed by atoms with Crippen molar-refractivity contribution in [2.24, 2.45) is 0 Å². The summed E-state index contributed by atoms with van der Waals surface area (Å²) in [5, 5.41) is 9.04. The van der Waals surface area contributed by atoms with Crippen LogP contribution < -0.4 is 4.90 Å². The first-order valence-electron chi connectivity index (χ1n) is 7.51. The van der Waals surface area contributed by atoms with E-state index in [1.54, 1.807) is 0 Å². The number of nitrogens with zero attached hydrogens (tertiary/aromatic N) is 1. The van der Waals surface area contributed by atoms with Crippen LogP contribution in [0.3, 0.4) is 0 Å². The molecular weight excluding hydrogens is 374 g/mol. The number of aliphatic hydroxyl groups is 1. The number of thioether (sulfide) groups is 1. The van der Waals surface area contributed by atoms with Crippen LogP contribution in [0.5, 0.6) is 0 Å². The highest BCUT2D eigenvalue weighted by molar-refractivity contribution is 8.00. The summed E-state index contributed by atoms with van der Waals surface area (Å²) in [5.41, 5.74) is -3.50. The highest BCUT2D eigenvalue weighted by Gasteiger charge is 2.32. The van der Waals surface area contributed by atoms with Crippen LogP contribution in [0.15, 0.2) is 47.4 Å². The number of anilines is 1. The van der Waals surface area contributed by atoms with Gasteiger partial charge in [-0.1, -0.05) is 12.1 Å². The van der Waals surface area contributed by atoms with Crippen molar-refractivity contribution in [2.75, 3.05) is 18.1 Å². The molecule has 2 aromatic carbocycles. The molecule has 26 heavy (non-hydrogen) atoms. The lowest BCUT2D eigenvalue weighted by Gasteiger charge is -2.14. The summed E-state index contributed by atoms with van der Waals surface area (Å²) in [6.07, 6.45) is -1.34. The number of carbonyl (C=O) groups is 1. The normalized spacial score (nSPS) is 17.5. The lowest BCUT2D eigenvalue weighted by atomic mass is 10.0. The van der Waals surface area contributed by atoms with Crippen molar-refractivity contribution >= 4 is 23.5 Å². The highest BCUT2D eigenvalue weighted by Crippen LogP contribution is 2.38. The van der Waals surface area contributed by atoms with E-state index in [9.17, 15) is 22.4 Å². The smallest absolute Gasteiger partial charge is 0.441 e. The van der Waals surface area contributed by atoms with Crippen molar-refractivity contribution in [2.45, 2.75) is 16.5 Å². The van der Waals surface area contributed by atoms with Gasteiger partial charge in [-0.05, 0) is 47.7 Å². The number of hydrogen-bond acceptors (Lipinski definition) is 4. The summed E-state index contributed by atoms with van der Waals surface area (Å²) >= 11 is -0.242. The van der Waals surface area contributed by atoms with Crippen molar-refractivity contribution < 1.29 is 32.2 Å². The van der Waals surface area contributed by atoms with Gasteiger partial charge in [-0.2, -0.15) is 13.2 Å². The number of amides is 1. The van der Waals surface area contributed by atoms with Crippen LogP contribution in [0.4, 0.5) is 28.0 Å². The molecule has 0 radical (unpaired) electrons. The van der Waals surface area contributed by atoms with Crippen LogP contribution >= 0.6 is 11.8 Å². The number of cyclic esters (lactones) is 1. The molecule has 2 aromatic rings. The van der Waals surface area contributed by atoms with E-state index in [1.165, 1.54) is 41.3 Å². The molecule has 3 rings (SSSR count). The number of aliphatic hydroxyl groups excluding tert-OH is 1. The fourth-order valence-corrected chi connectivity index (χ4v) is 3.11. The zero-order chi connectivity index (χ0) is 18.9. The summed E-state index contributed by atoms with van der Waals surface area (Å²) in [6, 6.07) is 9.44. The van der Waals surface area contributed by atoms with Crippen LogP contribution in [0.2, 0.25) is 0 Å².